The second-order valence-electron chi connectivity index (χ2n) is 4.27. The molecule has 1 aliphatic carbocycles. The molecule has 2 rings (SSSR count). The molecule has 9 nitrogen and oxygen atoms in total. The van der Waals surface area contributed by atoms with Crippen molar-refractivity contribution in [3.05, 3.63) is 79.7 Å². The van der Waals surface area contributed by atoms with Gasteiger partial charge in [-0.25, -0.2) is 0 Å². The first kappa shape index (κ1) is 14.3. The maximum atomic E-state index is 12.1. The molecule has 0 bridgehead atoms. The van der Waals surface area contributed by atoms with Crippen molar-refractivity contribution in [3.8, 4) is 0 Å². The molecule has 0 saturated carbocycles. The van der Waals surface area contributed by atoms with E-state index in [9.17, 15) is 25.4 Å². The maximum absolute atomic E-state index is 12.1. The van der Waals surface area contributed by atoms with Crippen LogP contribution in [0.15, 0.2) is 59.4 Å². The van der Waals surface area contributed by atoms with Crippen LogP contribution in [-0.2, 0) is 0 Å². The summed E-state index contributed by atoms with van der Waals surface area (Å²) < 4.78 is 0. The van der Waals surface area contributed by atoms with Crippen molar-refractivity contribution >= 4 is 5.69 Å². The van der Waals surface area contributed by atoms with E-state index in [1.165, 1.54) is 12.1 Å². The third-order valence-electron chi connectivity index (χ3n) is 2.95. The lowest BCUT2D eigenvalue weighted by Gasteiger charge is -2.18. The van der Waals surface area contributed by atoms with Gasteiger partial charge in [-0.05, 0) is 17.0 Å². The van der Waals surface area contributed by atoms with Crippen molar-refractivity contribution in [1.29, 1.82) is 0 Å². The van der Waals surface area contributed by atoms with E-state index in [2.05, 4.69) is 5.11 Å². The minimum atomic E-state index is -2.17. The molecule has 1 atom stereocenters. The molecule has 0 fully saturated rings. The van der Waals surface area contributed by atoms with Crippen molar-refractivity contribution in [1.82, 2.24) is 0 Å². The van der Waals surface area contributed by atoms with Gasteiger partial charge >= 0.3 is 5.66 Å². The van der Waals surface area contributed by atoms with Gasteiger partial charge in [0.05, 0.1) is 11.0 Å². The second-order valence-corrected chi connectivity index (χ2v) is 4.27. The molecular formula is C12H10N4O5. The lowest BCUT2D eigenvalue weighted by Crippen LogP contribution is -2.45. The SMILES string of the molecule is O=[N+]([O-])C1=CCC([N+](=O)[O-])([N+]([O-])=Nc2ccccc2)C=C1. The number of hydrogen-bond acceptors (Lipinski definition) is 6. The van der Waals surface area contributed by atoms with Crippen LogP contribution >= 0.6 is 0 Å². The normalized spacial score (nSPS) is 21.7. The first-order chi connectivity index (χ1) is 9.95. The Bertz CT molecular complexity index is 667. The lowest BCUT2D eigenvalue weighted by molar-refractivity contribution is -0.798. The van der Waals surface area contributed by atoms with E-state index in [4.69, 9.17) is 0 Å². The molecule has 0 radical (unpaired) electrons. The molecule has 1 aromatic rings. The Morgan fingerprint density at radius 1 is 1.10 bits per heavy atom. The molecule has 0 spiro atoms. The number of nitro groups is 2. The number of allylic oxidation sites excluding steroid dienone is 1. The van der Waals surface area contributed by atoms with Crippen LogP contribution in [0.4, 0.5) is 5.69 Å². The standard InChI is InChI=1S/C12H10N4O5/c17-14(18)11-6-8-12(9-7-11,16(20)21)15(19)13-10-4-2-1-3-5-10/h1-8H,9H2. The molecule has 0 saturated heterocycles. The topological polar surface area (TPSA) is 125 Å². The summed E-state index contributed by atoms with van der Waals surface area (Å²) in [6.07, 6.45) is 2.43. The molecule has 0 aliphatic heterocycles. The molecule has 1 aliphatic rings. The molecule has 0 heterocycles. The van der Waals surface area contributed by atoms with E-state index in [0.717, 1.165) is 18.2 Å². The molecule has 1 aromatic carbocycles. The van der Waals surface area contributed by atoms with Crippen LogP contribution in [0, 0.1) is 25.4 Å². The molecule has 1 unspecified atom stereocenters. The quantitative estimate of drug-likeness (QED) is 0.277. The van der Waals surface area contributed by atoms with Gasteiger partial charge in [-0.1, -0.05) is 18.2 Å². The van der Waals surface area contributed by atoms with Crippen molar-refractivity contribution < 1.29 is 14.7 Å². The van der Waals surface area contributed by atoms with Crippen LogP contribution in [-0.4, -0.2) is 20.4 Å². The van der Waals surface area contributed by atoms with Gasteiger partial charge < -0.3 is 5.21 Å². The average molecular weight is 290 g/mol. The zero-order valence-electron chi connectivity index (χ0n) is 10.7. The van der Waals surface area contributed by atoms with Gasteiger partial charge in [0.1, 0.15) is 17.0 Å². The molecular weight excluding hydrogens is 280 g/mol. The Balaban J connectivity index is 2.38. The Morgan fingerprint density at radius 3 is 2.24 bits per heavy atom. The van der Waals surface area contributed by atoms with Gasteiger partial charge in [0.2, 0.25) is 0 Å². The van der Waals surface area contributed by atoms with E-state index < -0.39 is 21.9 Å². The minimum Gasteiger partial charge on any atom is -0.594 e. The van der Waals surface area contributed by atoms with Gasteiger partial charge in [0, 0.05) is 17.3 Å². The zero-order chi connectivity index (χ0) is 15.5. The highest BCUT2D eigenvalue weighted by atomic mass is 16.7. The highest BCUT2D eigenvalue weighted by Gasteiger charge is 2.53. The Labute approximate surface area is 118 Å². The summed E-state index contributed by atoms with van der Waals surface area (Å²) in [4.78, 5) is 20.3. The van der Waals surface area contributed by atoms with Crippen LogP contribution in [0.1, 0.15) is 6.42 Å². The highest BCUT2D eigenvalue weighted by Crippen LogP contribution is 2.27. The number of azo groups is 1. The largest absolute Gasteiger partial charge is 0.594 e. The molecule has 21 heavy (non-hydrogen) atoms. The summed E-state index contributed by atoms with van der Waals surface area (Å²) in [5.74, 6) is 0. The first-order valence-corrected chi connectivity index (χ1v) is 5.88. The summed E-state index contributed by atoms with van der Waals surface area (Å²) in [6, 6.07) is 8.01. The third-order valence-corrected chi connectivity index (χ3v) is 2.95. The summed E-state index contributed by atoms with van der Waals surface area (Å²) in [6.45, 7) is 0. The van der Waals surface area contributed by atoms with Crippen molar-refractivity contribution in [2.75, 3.05) is 0 Å². The monoisotopic (exact) mass is 290 g/mol. The summed E-state index contributed by atoms with van der Waals surface area (Å²) in [5.41, 5.74) is -2.21. The fourth-order valence-corrected chi connectivity index (χ4v) is 1.78. The van der Waals surface area contributed by atoms with Crippen LogP contribution in [0.3, 0.4) is 0 Å². The van der Waals surface area contributed by atoms with Crippen molar-refractivity contribution in [2.24, 2.45) is 5.11 Å². The zero-order valence-corrected chi connectivity index (χ0v) is 10.7. The summed E-state index contributed by atoms with van der Waals surface area (Å²) in [7, 11) is 0. The molecule has 0 amide bonds. The van der Waals surface area contributed by atoms with E-state index >= 15 is 0 Å². The van der Waals surface area contributed by atoms with Gasteiger partial charge in [0.15, 0.2) is 0 Å². The number of hydroxylamine groups is 1. The van der Waals surface area contributed by atoms with Crippen LogP contribution < -0.4 is 0 Å². The Hall–Kier alpha value is -3.10. The second kappa shape index (κ2) is 5.49. The Morgan fingerprint density at radius 2 is 1.76 bits per heavy atom. The maximum Gasteiger partial charge on any atom is 0.462 e. The van der Waals surface area contributed by atoms with E-state index in [1.54, 1.807) is 18.2 Å². The molecule has 0 N–H and O–H groups in total. The predicted octanol–water partition coefficient (Wildman–Crippen LogP) is 2.37. The number of benzene rings is 1. The van der Waals surface area contributed by atoms with E-state index in [-0.39, 0.29) is 16.2 Å². The average Bonchev–Trinajstić information content (AvgIpc) is 2.48. The first-order valence-electron chi connectivity index (χ1n) is 5.88. The highest BCUT2D eigenvalue weighted by molar-refractivity contribution is 5.34. The summed E-state index contributed by atoms with van der Waals surface area (Å²) >= 11 is 0. The van der Waals surface area contributed by atoms with Crippen molar-refractivity contribution in [2.45, 2.75) is 12.1 Å². The number of nitrogens with zero attached hydrogens (tertiary/aromatic N) is 4. The Kier molecular flexibility index (Phi) is 3.74. The predicted molar refractivity (Wildman–Crippen MR) is 70.7 cm³/mol. The van der Waals surface area contributed by atoms with Crippen LogP contribution in [0.25, 0.3) is 0 Å². The van der Waals surface area contributed by atoms with Gasteiger partial charge in [-0.3, -0.25) is 20.2 Å². The fraction of sp³-hybridized carbons (Fsp3) is 0.167. The van der Waals surface area contributed by atoms with Gasteiger partial charge in [-0.2, -0.15) is 0 Å². The molecule has 108 valence electrons. The van der Waals surface area contributed by atoms with Crippen LogP contribution in [0.5, 0.6) is 0 Å². The number of hydrogen-bond donors (Lipinski definition) is 0. The van der Waals surface area contributed by atoms with Crippen molar-refractivity contribution in [3.63, 3.8) is 0 Å². The molecule has 0 aromatic heterocycles. The smallest absolute Gasteiger partial charge is 0.462 e. The van der Waals surface area contributed by atoms with E-state index in [1.807, 2.05) is 0 Å². The molecule has 9 heteroatoms. The minimum absolute atomic E-state index is 0.0357. The fourth-order valence-electron chi connectivity index (χ4n) is 1.78. The van der Waals surface area contributed by atoms with E-state index in [0.29, 0.717) is 0 Å². The third kappa shape index (κ3) is 2.76. The van der Waals surface area contributed by atoms with Crippen LogP contribution in [0.2, 0.25) is 0 Å². The number of rotatable bonds is 4. The van der Waals surface area contributed by atoms with Gasteiger partial charge in [0.25, 0.3) is 5.70 Å². The van der Waals surface area contributed by atoms with Gasteiger partial charge in [-0.15, -0.1) is 0 Å². The lowest BCUT2D eigenvalue weighted by atomic mass is 10.0. The summed E-state index contributed by atoms with van der Waals surface area (Å²) in [5, 5.41) is 37.5.